The van der Waals surface area contributed by atoms with Crippen LogP contribution < -0.4 is 36.3 Å². The van der Waals surface area contributed by atoms with E-state index in [1.54, 1.807) is 41.8 Å². The quantitative estimate of drug-likeness (QED) is 0.220. The molecule has 6 rings (SSSR count). The molecule has 0 bridgehead atoms. The lowest BCUT2D eigenvalue weighted by Crippen LogP contribution is -2.28. The fourth-order valence-corrected chi connectivity index (χ4v) is 5.37. The molecular weight excluding hydrogens is 552 g/mol. The lowest BCUT2D eigenvalue weighted by atomic mass is 10.1. The maximum atomic E-state index is 12.9. The van der Waals surface area contributed by atoms with E-state index in [0.29, 0.717) is 38.8 Å². The van der Waals surface area contributed by atoms with Crippen LogP contribution in [0.25, 0.3) is 10.2 Å². The van der Waals surface area contributed by atoms with Crippen LogP contribution in [0.5, 0.6) is 11.5 Å². The number of rotatable bonds is 7. The molecule has 0 saturated heterocycles. The predicted octanol–water partition coefficient (Wildman–Crippen LogP) is 1.44. The number of aromatic nitrogens is 2. The average Bonchev–Trinajstić information content (AvgIpc) is 3.37. The summed E-state index contributed by atoms with van der Waals surface area (Å²) in [4.78, 5) is 68.5. The number of hydrogen-bond acceptors (Lipinski definition) is 9. The second-order valence-corrected chi connectivity index (χ2v) is 10.2. The molecule has 2 aliphatic rings. The maximum Gasteiger partial charge on any atom is 0.287 e. The summed E-state index contributed by atoms with van der Waals surface area (Å²) in [5.41, 5.74) is 2.50. The number of benzene rings is 2. The number of carbonyl (C=O) groups excluding carboxylic acids is 4. The van der Waals surface area contributed by atoms with E-state index in [9.17, 15) is 24.0 Å². The molecule has 0 spiro atoms. The van der Waals surface area contributed by atoms with Gasteiger partial charge in [-0.05, 0) is 46.3 Å². The molecule has 0 fully saturated rings. The van der Waals surface area contributed by atoms with Crippen LogP contribution in [0.1, 0.15) is 27.3 Å². The number of ether oxygens (including phenoxy) is 2. The fraction of sp³-hybridized carbons (Fsp3) is 0.185. The van der Waals surface area contributed by atoms with E-state index in [-0.39, 0.29) is 61.7 Å². The molecule has 208 valence electrons. The highest BCUT2D eigenvalue weighted by molar-refractivity contribution is 7.16. The second-order valence-electron chi connectivity index (χ2n) is 9.33. The van der Waals surface area contributed by atoms with Crippen LogP contribution in [-0.4, -0.2) is 46.8 Å². The van der Waals surface area contributed by atoms with E-state index in [2.05, 4.69) is 31.2 Å². The van der Waals surface area contributed by atoms with Gasteiger partial charge in [-0.1, -0.05) is 12.1 Å². The van der Waals surface area contributed by atoms with E-state index < -0.39 is 11.5 Å². The van der Waals surface area contributed by atoms with Gasteiger partial charge in [0, 0.05) is 13.1 Å². The third kappa shape index (κ3) is 5.58. The number of anilines is 2. The molecule has 5 N–H and O–H groups in total. The van der Waals surface area contributed by atoms with Gasteiger partial charge >= 0.3 is 0 Å². The molecule has 0 unspecified atom stereocenters. The van der Waals surface area contributed by atoms with Gasteiger partial charge in [-0.2, -0.15) is 0 Å². The van der Waals surface area contributed by atoms with E-state index in [0.717, 1.165) is 16.9 Å². The molecule has 2 aliphatic heterocycles. The van der Waals surface area contributed by atoms with Crippen LogP contribution >= 0.6 is 11.3 Å². The number of amides is 4. The van der Waals surface area contributed by atoms with E-state index in [1.807, 2.05) is 0 Å². The number of nitrogens with zero attached hydrogens (tertiary/aromatic N) is 1. The Morgan fingerprint density at radius 2 is 1.49 bits per heavy atom. The predicted molar refractivity (Wildman–Crippen MR) is 148 cm³/mol. The van der Waals surface area contributed by atoms with Gasteiger partial charge in [0.15, 0.2) is 13.2 Å². The van der Waals surface area contributed by atoms with Crippen LogP contribution in [0.2, 0.25) is 0 Å². The number of aromatic amines is 1. The second kappa shape index (κ2) is 10.7. The summed E-state index contributed by atoms with van der Waals surface area (Å²) in [5.74, 6) is -0.447. The van der Waals surface area contributed by atoms with Crippen LogP contribution in [0.15, 0.2) is 46.6 Å². The van der Waals surface area contributed by atoms with Crippen LogP contribution in [-0.2, 0) is 33.9 Å². The first-order valence-corrected chi connectivity index (χ1v) is 13.4. The van der Waals surface area contributed by atoms with Crippen molar-refractivity contribution < 1.29 is 28.7 Å². The molecule has 0 radical (unpaired) electrons. The molecule has 4 amide bonds. The number of fused-ring (bicyclic) bond motifs is 3. The summed E-state index contributed by atoms with van der Waals surface area (Å²) >= 11 is 1.16. The Kier molecular flexibility index (Phi) is 6.81. The SMILES string of the molecule is O=C(Cc1csc2nc(C(=O)NCc3ccc4c(c3)NC(=O)CO4)[nH]c(=O)c12)NCc1ccc2c(c1)NC(=O)CO2. The standard InChI is InChI=1S/C27H22N6O7S/c34-20(28-8-13-1-3-18-16(5-13)30-21(35)10-39-18)7-15-12-41-27-23(15)25(37)32-24(33-27)26(38)29-9-14-2-4-19-17(6-14)31-22(36)11-40-19/h1-6,12H,7-11H2,(H,28,34)(H,29,38)(H,30,35)(H,31,36)(H,32,33,37). The zero-order chi connectivity index (χ0) is 28.5. The van der Waals surface area contributed by atoms with Crippen molar-refractivity contribution in [1.29, 1.82) is 0 Å². The lowest BCUT2D eigenvalue weighted by molar-refractivity contribution is -0.121. The van der Waals surface area contributed by atoms with E-state index >= 15 is 0 Å². The van der Waals surface area contributed by atoms with Gasteiger partial charge in [-0.3, -0.25) is 24.0 Å². The van der Waals surface area contributed by atoms with Gasteiger partial charge in [0.05, 0.1) is 23.2 Å². The molecular formula is C27H22N6O7S. The summed E-state index contributed by atoms with van der Waals surface area (Å²) in [6.07, 6.45) is -0.0559. The number of nitrogens with one attached hydrogen (secondary N) is 5. The minimum Gasteiger partial charge on any atom is -0.482 e. The summed E-state index contributed by atoms with van der Waals surface area (Å²) < 4.78 is 10.7. The van der Waals surface area contributed by atoms with Gasteiger partial charge in [-0.25, -0.2) is 4.98 Å². The fourth-order valence-electron chi connectivity index (χ4n) is 4.43. The Morgan fingerprint density at radius 3 is 2.12 bits per heavy atom. The first kappa shape index (κ1) is 26.0. The molecule has 0 aliphatic carbocycles. The maximum absolute atomic E-state index is 12.9. The largest absolute Gasteiger partial charge is 0.482 e. The monoisotopic (exact) mass is 574 g/mol. The molecule has 4 aromatic rings. The molecule has 14 heteroatoms. The molecule has 41 heavy (non-hydrogen) atoms. The third-order valence-electron chi connectivity index (χ3n) is 6.38. The Bertz CT molecular complexity index is 1800. The third-order valence-corrected chi connectivity index (χ3v) is 7.30. The van der Waals surface area contributed by atoms with Gasteiger partial charge in [0.2, 0.25) is 11.7 Å². The van der Waals surface area contributed by atoms with Gasteiger partial charge < -0.3 is 35.7 Å². The first-order chi connectivity index (χ1) is 19.8. The number of hydrogen-bond donors (Lipinski definition) is 5. The van der Waals surface area contributed by atoms with Crippen LogP contribution in [0, 0.1) is 0 Å². The summed E-state index contributed by atoms with van der Waals surface area (Å²) in [6, 6.07) is 10.4. The van der Waals surface area contributed by atoms with Crippen molar-refractivity contribution in [2.45, 2.75) is 19.5 Å². The van der Waals surface area contributed by atoms with Crippen molar-refractivity contribution in [2.24, 2.45) is 0 Å². The van der Waals surface area contributed by atoms with Gasteiger partial charge in [0.1, 0.15) is 16.3 Å². The summed E-state index contributed by atoms with van der Waals surface area (Å²) in [6.45, 7) is 0.258. The highest BCUT2D eigenvalue weighted by atomic mass is 32.1. The molecule has 2 aromatic heterocycles. The molecule has 13 nitrogen and oxygen atoms in total. The van der Waals surface area contributed by atoms with Crippen molar-refractivity contribution in [3.63, 3.8) is 0 Å². The van der Waals surface area contributed by atoms with Crippen LogP contribution in [0.4, 0.5) is 11.4 Å². The van der Waals surface area contributed by atoms with Crippen molar-refractivity contribution in [3.05, 3.63) is 74.6 Å². The Morgan fingerprint density at radius 1 is 0.878 bits per heavy atom. The number of H-pyrrole nitrogens is 1. The smallest absolute Gasteiger partial charge is 0.287 e. The van der Waals surface area contributed by atoms with Gasteiger partial charge in [-0.15, -0.1) is 11.3 Å². The molecule has 4 heterocycles. The Labute approximate surface area is 235 Å². The average molecular weight is 575 g/mol. The van der Waals surface area contributed by atoms with Crippen LogP contribution in [0.3, 0.4) is 0 Å². The first-order valence-electron chi connectivity index (χ1n) is 12.5. The normalized spacial score (nSPS) is 13.7. The number of carbonyl (C=O) groups is 4. The summed E-state index contributed by atoms with van der Waals surface area (Å²) in [7, 11) is 0. The van der Waals surface area contributed by atoms with Crippen molar-refractivity contribution >= 4 is 56.6 Å². The molecule has 0 atom stereocenters. The minimum absolute atomic E-state index is 0.0366. The highest BCUT2D eigenvalue weighted by Gasteiger charge is 2.20. The highest BCUT2D eigenvalue weighted by Crippen LogP contribution is 2.29. The Hall–Kier alpha value is -5.24. The summed E-state index contributed by atoms with van der Waals surface area (Å²) in [5, 5.41) is 12.9. The molecule has 0 saturated carbocycles. The number of thiophene rings is 1. The van der Waals surface area contributed by atoms with Crippen molar-refractivity contribution in [3.8, 4) is 11.5 Å². The van der Waals surface area contributed by atoms with E-state index in [4.69, 9.17) is 9.47 Å². The van der Waals surface area contributed by atoms with Crippen molar-refractivity contribution in [1.82, 2.24) is 20.6 Å². The minimum atomic E-state index is -0.582. The zero-order valence-electron chi connectivity index (χ0n) is 21.3. The Balaban J connectivity index is 1.08. The lowest BCUT2D eigenvalue weighted by Gasteiger charge is -2.18. The van der Waals surface area contributed by atoms with Crippen molar-refractivity contribution in [2.75, 3.05) is 23.8 Å². The van der Waals surface area contributed by atoms with Gasteiger partial charge in [0.25, 0.3) is 23.3 Å². The molecule has 2 aromatic carbocycles. The van der Waals surface area contributed by atoms with E-state index in [1.165, 1.54) is 0 Å². The topological polar surface area (TPSA) is 181 Å². The zero-order valence-corrected chi connectivity index (χ0v) is 22.1.